The van der Waals surface area contributed by atoms with E-state index in [-0.39, 0.29) is 0 Å². The molecule has 0 spiro atoms. The lowest BCUT2D eigenvalue weighted by Gasteiger charge is -2.16. The van der Waals surface area contributed by atoms with Crippen molar-refractivity contribution < 1.29 is 0 Å². The number of hydrogen-bond donors (Lipinski definition) is 0. The Kier molecular flexibility index (Phi) is 7.44. The van der Waals surface area contributed by atoms with Crippen LogP contribution in [0.5, 0.6) is 0 Å². The number of fused-ring (bicyclic) bond motifs is 24. The van der Waals surface area contributed by atoms with Gasteiger partial charge < -0.3 is 13.2 Å². The van der Waals surface area contributed by atoms with Crippen molar-refractivity contribution >= 4 is 160 Å². The Balaban J connectivity index is 0.909. The number of benzene rings is 12. The van der Waals surface area contributed by atoms with Crippen molar-refractivity contribution in [1.29, 1.82) is 5.26 Å². The summed E-state index contributed by atoms with van der Waals surface area (Å²) < 4.78 is 7.49. The first-order chi connectivity index (χ1) is 37.2. The highest BCUT2D eigenvalue weighted by Crippen LogP contribution is 2.50. The molecular formula is C71H44N4Si. The van der Waals surface area contributed by atoms with Gasteiger partial charge in [-0.3, -0.25) is 0 Å². The number of nitrogens with zero attached hydrogens (tertiary/aromatic N) is 4. The SMILES string of the molecule is Cc1ccc2c(c1)c1cc(-c3cccc4c3ccc3c4c4cccc5c6cc([Si](C)(C)C)ccc6n3c54)cc3c4c5cccc(-c6cc7c8cc(C#N)ccc8n8c9ccc%10ccccc%10c9c(c6)c78)c5ccc4n2c13. The van der Waals surface area contributed by atoms with Crippen LogP contribution in [0.2, 0.25) is 19.6 Å². The van der Waals surface area contributed by atoms with Crippen LogP contribution in [0.4, 0.5) is 0 Å². The Morgan fingerprint density at radius 3 is 1.46 bits per heavy atom. The van der Waals surface area contributed by atoms with Crippen LogP contribution in [0.3, 0.4) is 0 Å². The lowest BCUT2D eigenvalue weighted by Crippen LogP contribution is -2.37. The van der Waals surface area contributed by atoms with Crippen molar-refractivity contribution in [2.24, 2.45) is 0 Å². The number of rotatable bonds is 3. The molecule has 4 nitrogen and oxygen atoms in total. The van der Waals surface area contributed by atoms with E-state index in [2.05, 4.69) is 234 Å². The Morgan fingerprint density at radius 2 is 0.816 bits per heavy atom. The zero-order valence-electron chi connectivity index (χ0n) is 42.3. The van der Waals surface area contributed by atoms with E-state index >= 15 is 0 Å². The summed E-state index contributed by atoms with van der Waals surface area (Å²) in [4.78, 5) is 0. The summed E-state index contributed by atoms with van der Waals surface area (Å²) in [6.07, 6.45) is 0. The maximum absolute atomic E-state index is 10.1. The van der Waals surface area contributed by atoms with Gasteiger partial charge in [0.2, 0.25) is 0 Å². The maximum Gasteiger partial charge on any atom is 0.0991 e. The standard InChI is InChI=1S/C71H44N4Si/c1-38-18-24-60-53(30-38)56-32-41(44-12-7-14-49-47(44)22-28-64-67(49)52-17-9-16-51-55-36-43(76(2,3)4)21-27-62(55)73(64)69(51)52)35-59-68-50-15-8-13-45(48(50)23-29-65(68)74(60)70(56)59)42-33-57-54-31-39(37-72)19-25-61(54)75-63-26-20-40-10-5-6-11-46(40)66(63)58(34-42)71(57)75/h5-36H,1-4H3. The topological polar surface area (TPSA) is 37.0 Å². The molecule has 18 aromatic rings. The van der Waals surface area contributed by atoms with E-state index in [1.54, 1.807) is 0 Å². The minimum Gasteiger partial charge on any atom is -0.308 e. The molecule has 0 N–H and O–H groups in total. The first kappa shape index (κ1) is 40.9. The van der Waals surface area contributed by atoms with Crippen molar-refractivity contribution in [3.05, 3.63) is 205 Å². The zero-order valence-corrected chi connectivity index (χ0v) is 43.3. The van der Waals surface area contributed by atoms with E-state index in [0.717, 1.165) is 10.9 Å². The average Bonchev–Trinajstić information content (AvgIpc) is 4.43. The van der Waals surface area contributed by atoms with Gasteiger partial charge in [0.25, 0.3) is 0 Å². The summed E-state index contributed by atoms with van der Waals surface area (Å²) in [6, 6.07) is 76.2. The Bertz CT molecular complexity index is 5710. The lowest BCUT2D eigenvalue weighted by molar-refractivity contribution is 1.36. The van der Waals surface area contributed by atoms with E-state index in [9.17, 15) is 5.26 Å². The number of nitriles is 1. The van der Waals surface area contributed by atoms with Crippen LogP contribution in [-0.2, 0) is 0 Å². The first-order valence-corrected chi connectivity index (χ1v) is 30.1. The summed E-state index contributed by atoms with van der Waals surface area (Å²) in [6.45, 7) is 9.53. The molecule has 0 bridgehead atoms. The van der Waals surface area contributed by atoms with Crippen LogP contribution in [0.15, 0.2) is 194 Å². The summed E-state index contributed by atoms with van der Waals surface area (Å²) in [7, 11) is -1.51. The number of aromatic nitrogens is 3. The molecule has 0 fully saturated rings. The molecule has 0 aliphatic carbocycles. The smallest absolute Gasteiger partial charge is 0.0991 e. The number of hydrogen-bond acceptors (Lipinski definition) is 1. The molecule has 76 heavy (non-hydrogen) atoms. The third-order valence-corrected chi connectivity index (χ3v) is 19.8. The second kappa shape index (κ2) is 13.8. The van der Waals surface area contributed by atoms with Crippen molar-refractivity contribution in [1.82, 2.24) is 13.2 Å². The van der Waals surface area contributed by atoms with Crippen LogP contribution < -0.4 is 5.19 Å². The van der Waals surface area contributed by atoms with Gasteiger partial charge in [0.05, 0.1) is 69.4 Å². The predicted octanol–water partition coefficient (Wildman–Crippen LogP) is 18.7. The average molecular weight is 981 g/mol. The fourth-order valence-electron chi connectivity index (χ4n) is 14.5. The summed E-state index contributed by atoms with van der Waals surface area (Å²) in [5, 5.41) is 34.3. The monoisotopic (exact) mass is 980 g/mol. The van der Waals surface area contributed by atoms with E-state index < -0.39 is 8.07 Å². The molecule has 0 aliphatic rings. The van der Waals surface area contributed by atoms with Gasteiger partial charge in [0, 0.05) is 64.6 Å². The summed E-state index contributed by atoms with van der Waals surface area (Å²) in [5.41, 5.74) is 17.9. The second-order valence-electron chi connectivity index (χ2n) is 22.8. The van der Waals surface area contributed by atoms with Crippen LogP contribution in [0, 0.1) is 18.3 Å². The van der Waals surface area contributed by atoms with E-state index in [1.165, 1.54) is 169 Å². The van der Waals surface area contributed by atoms with Crippen molar-refractivity contribution in [2.75, 3.05) is 0 Å². The molecular weight excluding hydrogens is 937 g/mol. The molecule has 0 unspecified atom stereocenters. The van der Waals surface area contributed by atoms with Gasteiger partial charge in [-0.05, 0) is 140 Å². The minimum atomic E-state index is -1.51. The van der Waals surface area contributed by atoms with Crippen LogP contribution in [-0.4, -0.2) is 21.3 Å². The van der Waals surface area contributed by atoms with Gasteiger partial charge >= 0.3 is 0 Å². The van der Waals surface area contributed by atoms with Gasteiger partial charge in [-0.1, -0.05) is 146 Å². The van der Waals surface area contributed by atoms with Gasteiger partial charge in [0.15, 0.2) is 0 Å². The Hall–Kier alpha value is -9.47. The molecule has 0 saturated heterocycles. The number of para-hydroxylation sites is 1. The van der Waals surface area contributed by atoms with Crippen LogP contribution in [0.25, 0.3) is 169 Å². The van der Waals surface area contributed by atoms with Gasteiger partial charge in [0.1, 0.15) is 0 Å². The van der Waals surface area contributed by atoms with E-state index in [4.69, 9.17) is 0 Å². The molecule has 18 rings (SSSR count). The lowest BCUT2D eigenvalue weighted by atomic mass is 9.91. The van der Waals surface area contributed by atoms with Gasteiger partial charge in [-0.25, -0.2) is 0 Å². The Labute approximate surface area is 436 Å². The molecule has 0 radical (unpaired) electrons. The highest BCUT2D eigenvalue weighted by Gasteiger charge is 2.26. The van der Waals surface area contributed by atoms with E-state index in [1.807, 2.05) is 6.07 Å². The molecule has 5 heteroatoms. The predicted molar refractivity (Wildman–Crippen MR) is 326 cm³/mol. The quantitative estimate of drug-likeness (QED) is 0.163. The second-order valence-corrected chi connectivity index (χ2v) is 27.9. The summed E-state index contributed by atoms with van der Waals surface area (Å²) in [5.74, 6) is 0. The normalized spacial score (nSPS) is 13.0. The van der Waals surface area contributed by atoms with Gasteiger partial charge in [-0.15, -0.1) is 0 Å². The highest BCUT2D eigenvalue weighted by molar-refractivity contribution is 6.88. The fourth-order valence-corrected chi connectivity index (χ4v) is 15.7. The minimum absolute atomic E-state index is 0.670. The highest BCUT2D eigenvalue weighted by atomic mass is 28.3. The number of aryl methyl sites for hydroxylation is 1. The van der Waals surface area contributed by atoms with Crippen LogP contribution >= 0.6 is 0 Å². The molecule has 0 atom stereocenters. The van der Waals surface area contributed by atoms with Gasteiger partial charge in [-0.2, -0.15) is 5.26 Å². The molecule has 0 aliphatic heterocycles. The van der Waals surface area contributed by atoms with Crippen molar-refractivity contribution in [2.45, 2.75) is 26.6 Å². The molecule has 6 heterocycles. The zero-order chi connectivity index (χ0) is 50.2. The third-order valence-electron chi connectivity index (χ3n) is 17.8. The molecule has 352 valence electrons. The third kappa shape index (κ3) is 4.94. The fraction of sp³-hybridized carbons (Fsp3) is 0.0563. The molecule has 12 aromatic carbocycles. The molecule has 0 saturated carbocycles. The summed E-state index contributed by atoms with van der Waals surface area (Å²) >= 11 is 0. The molecule has 0 amide bonds. The van der Waals surface area contributed by atoms with Crippen LogP contribution in [0.1, 0.15) is 11.1 Å². The Morgan fingerprint density at radius 1 is 0.342 bits per heavy atom. The largest absolute Gasteiger partial charge is 0.308 e. The first-order valence-electron chi connectivity index (χ1n) is 26.6. The molecule has 6 aromatic heterocycles. The van der Waals surface area contributed by atoms with Crippen molar-refractivity contribution in [3.63, 3.8) is 0 Å². The maximum atomic E-state index is 10.1. The van der Waals surface area contributed by atoms with E-state index in [0.29, 0.717) is 5.56 Å². The van der Waals surface area contributed by atoms with Crippen molar-refractivity contribution in [3.8, 4) is 28.3 Å².